The third kappa shape index (κ3) is 3.85. The summed E-state index contributed by atoms with van der Waals surface area (Å²) in [6, 6.07) is 12.9. The second-order valence-corrected chi connectivity index (χ2v) is 5.56. The van der Waals surface area contributed by atoms with Gasteiger partial charge in [-0.15, -0.1) is 0 Å². The number of carbonyl (C=O) groups is 1. The summed E-state index contributed by atoms with van der Waals surface area (Å²) in [7, 11) is 4.75. The van der Waals surface area contributed by atoms with Gasteiger partial charge in [0.1, 0.15) is 17.2 Å². The van der Waals surface area contributed by atoms with E-state index in [1.165, 1.54) is 0 Å². The van der Waals surface area contributed by atoms with Crippen LogP contribution in [0.25, 0.3) is 6.08 Å². The molecule has 2 aromatic carbocycles. The SMILES string of the molecule is COc1ccc(CC2=N/C(=C/c3ccc(OC)cc3OC)C(=O)O2)cc1. The van der Waals surface area contributed by atoms with Crippen LogP contribution in [-0.2, 0) is 16.0 Å². The molecule has 0 unspecified atom stereocenters. The standard InChI is InChI=1S/C20H19NO5/c1-23-15-7-4-13(5-8-15)10-19-21-17(20(22)26-19)11-14-6-9-16(24-2)12-18(14)25-3/h4-9,11-12H,10H2,1-3H3/b17-11+. The van der Waals surface area contributed by atoms with E-state index in [1.54, 1.807) is 45.6 Å². The van der Waals surface area contributed by atoms with Gasteiger partial charge in [-0.25, -0.2) is 9.79 Å². The maximum Gasteiger partial charge on any atom is 0.363 e. The van der Waals surface area contributed by atoms with Crippen molar-refractivity contribution < 1.29 is 23.7 Å². The van der Waals surface area contributed by atoms with Gasteiger partial charge in [-0.3, -0.25) is 0 Å². The highest BCUT2D eigenvalue weighted by Crippen LogP contribution is 2.28. The summed E-state index contributed by atoms with van der Waals surface area (Å²) in [4.78, 5) is 16.4. The molecule has 0 radical (unpaired) electrons. The number of carbonyl (C=O) groups excluding carboxylic acids is 1. The van der Waals surface area contributed by atoms with Crippen molar-refractivity contribution in [3.05, 3.63) is 59.3 Å². The Bertz CT molecular complexity index is 868. The molecule has 0 spiro atoms. The van der Waals surface area contributed by atoms with Gasteiger partial charge in [0.05, 0.1) is 21.3 Å². The summed E-state index contributed by atoms with van der Waals surface area (Å²) in [6.07, 6.45) is 2.06. The first kappa shape index (κ1) is 17.5. The van der Waals surface area contributed by atoms with E-state index in [4.69, 9.17) is 18.9 Å². The molecule has 3 rings (SSSR count). The van der Waals surface area contributed by atoms with Gasteiger partial charge >= 0.3 is 5.97 Å². The lowest BCUT2D eigenvalue weighted by molar-refractivity contribution is -0.130. The van der Waals surface area contributed by atoms with Crippen LogP contribution in [0.2, 0.25) is 0 Å². The topological polar surface area (TPSA) is 66.3 Å². The van der Waals surface area contributed by atoms with Crippen molar-refractivity contribution in [3.8, 4) is 17.2 Å². The average molecular weight is 353 g/mol. The lowest BCUT2D eigenvalue weighted by Gasteiger charge is -2.07. The molecular weight excluding hydrogens is 334 g/mol. The molecule has 6 heteroatoms. The van der Waals surface area contributed by atoms with Crippen LogP contribution in [0.15, 0.2) is 53.2 Å². The predicted octanol–water partition coefficient (Wildman–Crippen LogP) is 3.25. The largest absolute Gasteiger partial charge is 0.497 e. The molecule has 0 N–H and O–H groups in total. The molecule has 0 aromatic heterocycles. The molecule has 2 aromatic rings. The number of cyclic esters (lactones) is 1. The number of esters is 1. The van der Waals surface area contributed by atoms with Crippen LogP contribution in [0.3, 0.4) is 0 Å². The van der Waals surface area contributed by atoms with E-state index < -0.39 is 5.97 Å². The zero-order chi connectivity index (χ0) is 18.5. The zero-order valence-electron chi connectivity index (χ0n) is 14.8. The van der Waals surface area contributed by atoms with Gasteiger partial charge in [0.25, 0.3) is 0 Å². The minimum absolute atomic E-state index is 0.233. The summed E-state index contributed by atoms with van der Waals surface area (Å²) in [5, 5.41) is 0. The monoisotopic (exact) mass is 353 g/mol. The van der Waals surface area contributed by atoms with Crippen LogP contribution in [0.4, 0.5) is 0 Å². The average Bonchev–Trinajstić information content (AvgIpc) is 3.01. The number of nitrogens with zero attached hydrogens (tertiary/aromatic N) is 1. The first-order valence-electron chi connectivity index (χ1n) is 7.99. The molecule has 0 atom stereocenters. The van der Waals surface area contributed by atoms with E-state index in [0.717, 1.165) is 16.9 Å². The van der Waals surface area contributed by atoms with Gasteiger partial charge in [-0.2, -0.15) is 0 Å². The Hall–Kier alpha value is -3.28. The van der Waals surface area contributed by atoms with Crippen LogP contribution in [0.1, 0.15) is 11.1 Å². The number of hydrogen-bond donors (Lipinski definition) is 0. The Kier molecular flexibility index (Phi) is 5.22. The van der Waals surface area contributed by atoms with E-state index in [0.29, 0.717) is 23.8 Å². The molecule has 6 nitrogen and oxygen atoms in total. The lowest BCUT2D eigenvalue weighted by Crippen LogP contribution is -2.06. The Morgan fingerprint density at radius 3 is 2.31 bits per heavy atom. The van der Waals surface area contributed by atoms with Gasteiger partial charge in [-0.1, -0.05) is 12.1 Å². The number of ether oxygens (including phenoxy) is 4. The first-order valence-corrected chi connectivity index (χ1v) is 7.99. The summed E-state index contributed by atoms with van der Waals surface area (Å²) in [5.41, 5.74) is 1.92. The van der Waals surface area contributed by atoms with Gasteiger partial charge < -0.3 is 18.9 Å². The Morgan fingerprint density at radius 2 is 1.65 bits per heavy atom. The molecule has 0 aliphatic carbocycles. The number of methoxy groups -OCH3 is 3. The minimum atomic E-state index is -0.480. The van der Waals surface area contributed by atoms with Crippen LogP contribution in [-0.4, -0.2) is 33.2 Å². The minimum Gasteiger partial charge on any atom is -0.497 e. The van der Waals surface area contributed by atoms with E-state index in [-0.39, 0.29) is 5.70 Å². The molecule has 0 saturated heterocycles. The summed E-state index contributed by atoms with van der Waals surface area (Å²) in [5.74, 6) is 1.90. The molecule has 134 valence electrons. The van der Waals surface area contributed by atoms with Crippen molar-refractivity contribution in [2.24, 2.45) is 4.99 Å². The second-order valence-electron chi connectivity index (χ2n) is 5.56. The van der Waals surface area contributed by atoms with Crippen molar-refractivity contribution in [2.45, 2.75) is 6.42 Å². The Morgan fingerprint density at radius 1 is 0.962 bits per heavy atom. The Balaban J connectivity index is 1.82. The van der Waals surface area contributed by atoms with E-state index >= 15 is 0 Å². The normalized spacial score (nSPS) is 14.8. The predicted molar refractivity (Wildman–Crippen MR) is 97.7 cm³/mol. The molecule has 1 aliphatic heterocycles. The van der Waals surface area contributed by atoms with Crippen LogP contribution in [0.5, 0.6) is 17.2 Å². The smallest absolute Gasteiger partial charge is 0.363 e. The van der Waals surface area contributed by atoms with Gasteiger partial charge in [0.2, 0.25) is 5.90 Å². The molecule has 0 saturated carbocycles. The summed E-state index contributed by atoms with van der Waals surface area (Å²) < 4.78 is 20.9. The number of benzene rings is 2. The highest BCUT2D eigenvalue weighted by molar-refractivity contribution is 6.07. The van der Waals surface area contributed by atoms with Crippen molar-refractivity contribution in [2.75, 3.05) is 21.3 Å². The molecular formula is C20H19NO5. The molecule has 26 heavy (non-hydrogen) atoms. The van der Waals surface area contributed by atoms with Crippen molar-refractivity contribution >= 4 is 17.9 Å². The number of rotatable bonds is 6. The highest BCUT2D eigenvalue weighted by atomic mass is 16.6. The maximum absolute atomic E-state index is 12.1. The van der Waals surface area contributed by atoms with Crippen molar-refractivity contribution in [1.29, 1.82) is 0 Å². The van der Waals surface area contributed by atoms with Gasteiger partial charge in [0, 0.05) is 18.1 Å². The van der Waals surface area contributed by atoms with Crippen molar-refractivity contribution in [3.63, 3.8) is 0 Å². The highest BCUT2D eigenvalue weighted by Gasteiger charge is 2.23. The summed E-state index contributed by atoms with van der Waals surface area (Å²) >= 11 is 0. The number of aliphatic imine (C=N–C) groups is 1. The fourth-order valence-electron chi connectivity index (χ4n) is 2.53. The molecule has 1 heterocycles. The molecule has 0 amide bonds. The van der Waals surface area contributed by atoms with Crippen LogP contribution < -0.4 is 14.2 Å². The van der Waals surface area contributed by atoms with Crippen LogP contribution >= 0.6 is 0 Å². The molecule has 0 fully saturated rings. The fourth-order valence-corrected chi connectivity index (χ4v) is 2.53. The number of hydrogen-bond acceptors (Lipinski definition) is 6. The van der Waals surface area contributed by atoms with Crippen molar-refractivity contribution in [1.82, 2.24) is 0 Å². The maximum atomic E-state index is 12.1. The fraction of sp³-hybridized carbons (Fsp3) is 0.200. The zero-order valence-corrected chi connectivity index (χ0v) is 14.8. The first-order chi connectivity index (χ1) is 12.6. The third-order valence-corrected chi connectivity index (χ3v) is 3.91. The van der Waals surface area contributed by atoms with Gasteiger partial charge in [0.15, 0.2) is 5.70 Å². The van der Waals surface area contributed by atoms with E-state index in [1.807, 2.05) is 24.3 Å². The third-order valence-electron chi connectivity index (χ3n) is 3.91. The van der Waals surface area contributed by atoms with Crippen LogP contribution in [0, 0.1) is 0 Å². The lowest BCUT2D eigenvalue weighted by atomic mass is 10.1. The molecule has 1 aliphatic rings. The van der Waals surface area contributed by atoms with E-state index in [2.05, 4.69) is 4.99 Å². The Labute approximate surface area is 151 Å². The van der Waals surface area contributed by atoms with Gasteiger partial charge in [-0.05, 0) is 35.9 Å². The second kappa shape index (κ2) is 7.74. The quantitative estimate of drug-likeness (QED) is 0.589. The summed E-state index contributed by atoms with van der Waals surface area (Å²) in [6.45, 7) is 0. The molecule has 0 bridgehead atoms. The van der Waals surface area contributed by atoms with E-state index in [9.17, 15) is 4.79 Å².